The fourth-order valence-corrected chi connectivity index (χ4v) is 4.91. The zero-order valence-corrected chi connectivity index (χ0v) is 14.4. The SMILES string of the molecule is [CH3][Sn]([CH3])[CH2]CCCOc1ccc2c(c1)OCCC2. The first-order chi connectivity index (χ1) is 8.75. The van der Waals surface area contributed by atoms with Crippen LogP contribution in [0.5, 0.6) is 11.5 Å². The monoisotopic (exact) mass is 355 g/mol. The third kappa shape index (κ3) is 4.38. The van der Waals surface area contributed by atoms with Gasteiger partial charge in [-0.2, -0.15) is 0 Å². The molecule has 0 fully saturated rings. The fraction of sp³-hybridized carbons (Fsp3) is 0.600. The van der Waals surface area contributed by atoms with Gasteiger partial charge in [-0.1, -0.05) is 0 Å². The summed E-state index contributed by atoms with van der Waals surface area (Å²) in [4.78, 5) is 4.92. The number of hydrogen-bond acceptors (Lipinski definition) is 2. The topological polar surface area (TPSA) is 18.5 Å². The van der Waals surface area contributed by atoms with E-state index >= 15 is 0 Å². The summed E-state index contributed by atoms with van der Waals surface area (Å²) in [6.07, 6.45) is 4.79. The molecule has 2 nitrogen and oxygen atoms in total. The van der Waals surface area contributed by atoms with E-state index in [0.717, 1.165) is 37.6 Å². The van der Waals surface area contributed by atoms with Crippen LogP contribution in [-0.4, -0.2) is 33.0 Å². The molecule has 2 rings (SSSR count). The van der Waals surface area contributed by atoms with Gasteiger partial charge >= 0.3 is 118 Å². The van der Waals surface area contributed by atoms with Crippen LogP contribution in [0.1, 0.15) is 24.8 Å². The number of ether oxygens (including phenoxy) is 2. The van der Waals surface area contributed by atoms with Gasteiger partial charge < -0.3 is 0 Å². The second kappa shape index (κ2) is 7.27. The summed E-state index contributed by atoms with van der Waals surface area (Å²) < 4.78 is 12.9. The average molecular weight is 354 g/mol. The Kier molecular flexibility index (Phi) is 5.67. The second-order valence-corrected chi connectivity index (χ2v) is 13.6. The Morgan fingerprint density at radius 2 is 2.17 bits per heavy atom. The third-order valence-corrected chi connectivity index (χ3v) is 7.09. The summed E-state index contributed by atoms with van der Waals surface area (Å²) in [7, 11) is 0. The number of aryl methyl sites for hydroxylation is 1. The van der Waals surface area contributed by atoms with Crippen LogP contribution in [0, 0.1) is 0 Å². The molecule has 1 aliphatic rings. The summed E-state index contributed by atoms with van der Waals surface area (Å²) >= 11 is -0.867. The van der Waals surface area contributed by atoms with Crippen molar-refractivity contribution in [3.05, 3.63) is 23.8 Å². The molecule has 0 N–H and O–H groups in total. The van der Waals surface area contributed by atoms with Crippen molar-refractivity contribution in [3.63, 3.8) is 0 Å². The van der Waals surface area contributed by atoms with Crippen LogP contribution in [0.2, 0.25) is 14.3 Å². The van der Waals surface area contributed by atoms with Crippen molar-refractivity contribution in [3.8, 4) is 11.5 Å². The number of fused-ring (bicyclic) bond motifs is 1. The molecule has 1 aliphatic heterocycles. The molecule has 99 valence electrons. The normalized spacial score (nSPS) is 14.2. The van der Waals surface area contributed by atoms with Crippen molar-refractivity contribution in [2.75, 3.05) is 13.2 Å². The van der Waals surface area contributed by atoms with E-state index in [9.17, 15) is 0 Å². The second-order valence-electron chi connectivity index (χ2n) is 5.23. The predicted molar refractivity (Wildman–Crippen MR) is 77.3 cm³/mol. The Morgan fingerprint density at radius 3 is 3.00 bits per heavy atom. The minimum atomic E-state index is -0.867. The van der Waals surface area contributed by atoms with Crippen LogP contribution in [0.3, 0.4) is 0 Å². The summed E-state index contributed by atoms with van der Waals surface area (Å²) in [5.74, 6) is 1.99. The Hall–Kier alpha value is -0.381. The van der Waals surface area contributed by atoms with Crippen molar-refractivity contribution < 1.29 is 9.47 Å². The minimum absolute atomic E-state index is 0.842. The summed E-state index contributed by atoms with van der Waals surface area (Å²) in [6.45, 7) is 1.69. The maximum absolute atomic E-state index is 5.80. The maximum atomic E-state index is 5.80. The van der Waals surface area contributed by atoms with E-state index in [2.05, 4.69) is 28.1 Å². The van der Waals surface area contributed by atoms with Crippen molar-refractivity contribution in [1.82, 2.24) is 0 Å². The van der Waals surface area contributed by atoms with Gasteiger partial charge in [0.2, 0.25) is 0 Å². The van der Waals surface area contributed by atoms with Gasteiger partial charge in [0, 0.05) is 0 Å². The van der Waals surface area contributed by atoms with Gasteiger partial charge in [-0.05, 0) is 0 Å². The van der Waals surface area contributed by atoms with Crippen molar-refractivity contribution in [2.45, 2.75) is 40.0 Å². The molecule has 1 aromatic rings. The van der Waals surface area contributed by atoms with Crippen LogP contribution in [-0.2, 0) is 6.42 Å². The van der Waals surface area contributed by atoms with Gasteiger partial charge in [0.25, 0.3) is 0 Å². The number of rotatable bonds is 6. The van der Waals surface area contributed by atoms with E-state index in [0.29, 0.717) is 0 Å². The molecule has 0 unspecified atom stereocenters. The molecule has 3 heteroatoms. The molecule has 0 bridgehead atoms. The molecular weight excluding hydrogens is 331 g/mol. The Labute approximate surface area is 117 Å². The zero-order valence-electron chi connectivity index (χ0n) is 11.5. The molecule has 0 atom stereocenters. The molecule has 0 saturated carbocycles. The molecular formula is C15H23O2Sn. The van der Waals surface area contributed by atoms with Gasteiger partial charge in [0.1, 0.15) is 0 Å². The van der Waals surface area contributed by atoms with Crippen LogP contribution < -0.4 is 9.47 Å². The first kappa shape index (κ1) is 14.0. The molecule has 18 heavy (non-hydrogen) atoms. The van der Waals surface area contributed by atoms with Crippen LogP contribution in [0.25, 0.3) is 0 Å². The van der Waals surface area contributed by atoms with Crippen molar-refractivity contribution >= 4 is 19.8 Å². The van der Waals surface area contributed by atoms with Gasteiger partial charge in [-0.25, -0.2) is 0 Å². The first-order valence-corrected chi connectivity index (χ1v) is 14.7. The van der Waals surface area contributed by atoms with E-state index in [1.807, 2.05) is 0 Å². The van der Waals surface area contributed by atoms with Crippen LogP contribution >= 0.6 is 0 Å². The summed E-state index contributed by atoms with van der Waals surface area (Å²) in [5, 5.41) is 0. The fourth-order valence-electron chi connectivity index (χ4n) is 2.18. The summed E-state index contributed by atoms with van der Waals surface area (Å²) in [6, 6.07) is 6.28. The zero-order chi connectivity index (χ0) is 12.8. The Bertz CT molecular complexity index is 377. The third-order valence-electron chi connectivity index (χ3n) is 3.23. The van der Waals surface area contributed by atoms with Crippen LogP contribution in [0.15, 0.2) is 18.2 Å². The Morgan fingerprint density at radius 1 is 1.28 bits per heavy atom. The van der Waals surface area contributed by atoms with Gasteiger partial charge in [-0.15, -0.1) is 0 Å². The molecule has 0 spiro atoms. The molecule has 0 amide bonds. The predicted octanol–water partition coefficient (Wildman–Crippen LogP) is 3.93. The van der Waals surface area contributed by atoms with E-state index in [-0.39, 0.29) is 0 Å². The molecule has 0 saturated heterocycles. The standard InChI is InChI=1S/C13H17O2.2CH3.Sn/c1-2-3-8-14-12-7-6-11-5-4-9-15-13(11)10-12;;;/h6-7,10H,1-5,8-9H2;2*1H3;. The number of hydrogen-bond donors (Lipinski definition) is 0. The van der Waals surface area contributed by atoms with Crippen molar-refractivity contribution in [2.24, 2.45) is 0 Å². The van der Waals surface area contributed by atoms with Gasteiger partial charge in [0.15, 0.2) is 0 Å². The Balaban J connectivity index is 1.76. The van der Waals surface area contributed by atoms with E-state index < -0.39 is 19.8 Å². The van der Waals surface area contributed by atoms with E-state index in [1.165, 1.54) is 22.8 Å². The molecule has 0 aromatic heterocycles. The van der Waals surface area contributed by atoms with E-state index in [4.69, 9.17) is 9.47 Å². The molecule has 1 radical (unpaired) electrons. The number of unbranched alkanes of at least 4 members (excludes halogenated alkanes) is 1. The molecule has 0 aliphatic carbocycles. The number of benzene rings is 1. The molecule has 1 aromatic carbocycles. The summed E-state index contributed by atoms with van der Waals surface area (Å²) in [5.41, 5.74) is 1.32. The van der Waals surface area contributed by atoms with Crippen molar-refractivity contribution in [1.29, 1.82) is 0 Å². The quantitative estimate of drug-likeness (QED) is 0.570. The van der Waals surface area contributed by atoms with Gasteiger partial charge in [-0.3, -0.25) is 0 Å². The molecule has 1 heterocycles. The van der Waals surface area contributed by atoms with E-state index in [1.54, 1.807) is 0 Å². The van der Waals surface area contributed by atoms with Gasteiger partial charge in [0.05, 0.1) is 0 Å². The average Bonchev–Trinajstić information content (AvgIpc) is 2.38. The first-order valence-electron chi connectivity index (χ1n) is 6.93. The van der Waals surface area contributed by atoms with Crippen LogP contribution in [0.4, 0.5) is 0 Å².